The van der Waals surface area contributed by atoms with Crippen molar-refractivity contribution in [2.24, 2.45) is 11.3 Å². The van der Waals surface area contributed by atoms with Gasteiger partial charge in [-0.25, -0.2) is 0 Å². The van der Waals surface area contributed by atoms with Crippen molar-refractivity contribution in [1.29, 1.82) is 0 Å². The molecule has 0 unspecified atom stereocenters. The molecule has 2 heteroatoms. The molecule has 0 saturated carbocycles. The quantitative estimate of drug-likeness (QED) is 0.723. The van der Waals surface area contributed by atoms with E-state index in [9.17, 15) is 0 Å². The average Bonchev–Trinajstić information content (AvgIpc) is 2.15. The van der Waals surface area contributed by atoms with E-state index in [1.165, 1.54) is 0 Å². The SMILES string of the molecule is CC(C)CCCO.CCC(C)(C)CO. The molecule has 0 amide bonds. The van der Waals surface area contributed by atoms with Crippen LogP contribution in [0.5, 0.6) is 0 Å². The number of aliphatic hydroxyl groups is 2. The highest BCUT2D eigenvalue weighted by Crippen LogP contribution is 2.16. The van der Waals surface area contributed by atoms with Gasteiger partial charge in [-0.15, -0.1) is 0 Å². The van der Waals surface area contributed by atoms with E-state index in [0.717, 1.165) is 25.2 Å². The van der Waals surface area contributed by atoms with Gasteiger partial charge in [0.15, 0.2) is 0 Å². The molecule has 2 nitrogen and oxygen atoms in total. The molecule has 0 bridgehead atoms. The first-order chi connectivity index (χ1) is 6.39. The van der Waals surface area contributed by atoms with Crippen molar-refractivity contribution in [2.75, 3.05) is 13.2 Å². The van der Waals surface area contributed by atoms with E-state index in [-0.39, 0.29) is 5.41 Å². The summed E-state index contributed by atoms with van der Waals surface area (Å²) in [6.07, 6.45) is 3.15. The van der Waals surface area contributed by atoms with Crippen molar-refractivity contribution in [2.45, 2.75) is 53.9 Å². The van der Waals surface area contributed by atoms with Crippen LogP contribution in [0.4, 0.5) is 0 Å². The second-order valence-electron chi connectivity index (χ2n) is 4.94. The highest BCUT2D eigenvalue weighted by atomic mass is 16.3. The van der Waals surface area contributed by atoms with Crippen LogP contribution in [-0.2, 0) is 0 Å². The van der Waals surface area contributed by atoms with Crippen LogP contribution in [0, 0.1) is 11.3 Å². The van der Waals surface area contributed by atoms with Crippen LogP contribution < -0.4 is 0 Å². The van der Waals surface area contributed by atoms with Crippen molar-refractivity contribution >= 4 is 0 Å². The smallest absolute Gasteiger partial charge is 0.0482 e. The van der Waals surface area contributed by atoms with Crippen LogP contribution in [0.15, 0.2) is 0 Å². The summed E-state index contributed by atoms with van der Waals surface area (Å²) in [6, 6.07) is 0. The topological polar surface area (TPSA) is 40.5 Å². The van der Waals surface area contributed by atoms with E-state index < -0.39 is 0 Å². The molecule has 14 heavy (non-hydrogen) atoms. The fourth-order valence-electron chi connectivity index (χ4n) is 0.611. The molecule has 88 valence electrons. The van der Waals surface area contributed by atoms with Crippen LogP contribution in [0.25, 0.3) is 0 Å². The summed E-state index contributed by atoms with van der Waals surface area (Å²) in [5.41, 5.74) is 0.139. The third-order valence-electron chi connectivity index (χ3n) is 2.32. The third-order valence-corrected chi connectivity index (χ3v) is 2.32. The lowest BCUT2D eigenvalue weighted by Crippen LogP contribution is -2.14. The summed E-state index contributed by atoms with van der Waals surface area (Å²) in [4.78, 5) is 0. The minimum atomic E-state index is 0.139. The number of rotatable bonds is 5. The molecular weight excluding hydrogens is 176 g/mol. The molecule has 2 N–H and O–H groups in total. The van der Waals surface area contributed by atoms with E-state index in [1.54, 1.807) is 0 Å². The van der Waals surface area contributed by atoms with Gasteiger partial charge in [-0.3, -0.25) is 0 Å². The monoisotopic (exact) mass is 204 g/mol. The van der Waals surface area contributed by atoms with Gasteiger partial charge in [0.2, 0.25) is 0 Å². The van der Waals surface area contributed by atoms with Gasteiger partial charge < -0.3 is 10.2 Å². The van der Waals surface area contributed by atoms with Gasteiger partial charge in [0.1, 0.15) is 0 Å². The molecule has 0 radical (unpaired) electrons. The molecule has 0 atom stereocenters. The summed E-state index contributed by atoms with van der Waals surface area (Å²) < 4.78 is 0. The van der Waals surface area contributed by atoms with Crippen LogP contribution >= 0.6 is 0 Å². The molecule has 0 heterocycles. The fraction of sp³-hybridized carbons (Fsp3) is 1.00. The number of hydrogen-bond donors (Lipinski definition) is 2. The van der Waals surface area contributed by atoms with Crippen molar-refractivity contribution in [3.63, 3.8) is 0 Å². The Hall–Kier alpha value is -0.0800. The van der Waals surface area contributed by atoms with Crippen LogP contribution in [-0.4, -0.2) is 23.4 Å². The predicted octanol–water partition coefficient (Wildman–Crippen LogP) is 2.83. The molecule has 0 rings (SSSR count). The maximum absolute atomic E-state index is 8.59. The Morgan fingerprint density at radius 2 is 1.64 bits per heavy atom. The molecule has 0 aromatic rings. The zero-order chi connectivity index (χ0) is 11.6. The minimum Gasteiger partial charge on any atom is -0.396 e. The minimum absolute atomic E-state index is 0.139. The third kappa shape index (κ3) is 14.4. The standard InChI is InChI=1S/2C6H14O/c1-6(2)4-3-5-7;1-4-6(2,3)5-7/h6-7H,3-5H2,1-2H3;7H,4-5H2,1-3H3. The Kier molecular flexibility index (Phi) is 11.1. The summed E-state index contributed by atoms with van der Waals surface area (Å²) in [5, 5.41) is 16.9. The fourth-order valence-corrected chi connectivity index (χ4v) is 0.611. The molecule has 0 saturated heterocycles. The van der Waals surface area contributed by atoms with Gasteiger partial charge >= 0.3 is 0 Å². The van der Waals surface area contributed by atoms with Gasteiger partial charge in [0.25, 0.3) is 0 Å². The largest absolute Gasteiger partial charge is 0.396 e. The maximum Gasteiger partial charge on any atom is 0.0482 e. The molecule has 0 aliphatic heterocycles. The van der Waals surface area contributed by atoms with Gasteiger partial charge in [0.05, 0.1) is 0 Å². The van der Waals surface area contributed by atoms with E-state index in [2.05, 4.69) is 20.8 Å². The van der Waals surface area contributed by atoms with Crippen molar-refractivity contribution in [1.82, 2.24) is 0 Å². The highest BCUT2D eigenvalue weighted by molar-refractivity contribution is 4.62. The lowest BCUT2D eigenvalue weighted by atomic mass is 9.92. The summed E-state index contributed by atoms with van der Waals surface area (Å²) in [7, 11) is 0. The van der Waals surface area contributed by atoms with Crippen molar-refractivity contribution in [3.05, 3.63) is 0 Å². The summed E-state index contributed by atoms with van der Waals surface area (Å²) in [5.74, 6) is 0.743. The first-order valence-electron chi connectivity index (χ1n) is 5.61. The molecule has 0 fully saturated rings. The first kappa shape index (κ1) is 16.4. The molecule has 0 spiro atoms. The predicted molar refractivity (Wildman–Crippen MR) is 62.3 cm³/mol. The van der Waals surface area contributed by atoms with Crippen LogP contribution in [0.3, 0.4) is 0 Å². The molecular formula is C12H28O2. The second kappa shape index (κ2) is 9.47. The molecule has 0 aliphatic carbocycles. The van der Waals surface area contributed by atoms with E-state index >= 15 is 0 Å². The van der Waals surface area contributed by atoms with E-state index in [0.29, 0.717) is 13.2 Å². The molecule has 0 aromatic heterocycles. The first-order valence-corrected chi connectivity index (χ1v) is 5.61. The molecule has 0 aromatic carbocycles. The van der Waals surface area contributed by atoms with Crippen LogP contribution in [0.1, 0.15) is 53.9 Å². The lowest BCUT2D eigenvalue weighted by molar-refractivity contribution is 0.155. The van der Waals surface area contributed by atoms with Gasteiger partial charge in [-0.2, -0.15) is 0 Å². The molecule has 0 aliphatic rings. The maximum atomic E-state index is 8.59. The zero-order valence-electron chi connectivity index (χ0n) is 10.5. The van der Waals surface area contributed by atoms with Crippen molar-refractivity contribution in [3.8, 4) is 0 Å². The zero-order valence-corrected chi connectivity index (χ0v) is 10.5. The number of hydrogen-bond acceptors (Lipinski definition) is 2. The van der Waals surface area contributed by atoms with Gasteiger partial charge in [-0.05, 0) is 30.6 Å². The summed E-state index contributed by atoms with van der Waals surface area (Å²) >= 11 is 0. The van der Waals surface area contributed by atoms with Crippen molar-refractivity contribution < 1.29 is 10.2 Å². The van der Waals surface area contributed by atoms with Crippen LogP contribution in [0.2, 0.25) is 0 Å². The lowest BCUT2D eigenvalue weighted by Gasteiger charge is -2.17. The van der Waals surface area contributed by atoms with Gasteiger partial charge in [0, 0.05) is 13.2 Å². The highest BCUT2D eigenvalue weighted by Gasteiger charge is 2.11. The average molecular weight is 204 g/mol. The van der Waals surface area contributed by atoms with E-state index in [4.69, 9.17) is 10.2 Å². The summed E-state index contributed by atoms with van der Waals surface area (Å²) in [6.45, 7) is 11.1. The number of aliphatic hydroxyl groups excluding tert-OH is 2. The normalized spacial score (nSPS) is 11.1. The second-order valence-corrected chi connectivity index (χ2v) is 4.94. The van der Waals surface area contributed by atoms with E-state index in [1.807, 2.05) is 13.8 Å². The Morgan fingerprint density at radius 1 is 1.14 bits per heavy atom. The Labute approximate surface area is 89.3 Å². The Bertz CT molecular complexity index is 103. The van der Waals surface area contributed by atoms with Gasteiger partial charge in [-0.1, -0.05) is 34.6 Å². The Balaban J connectivity index is 0. The Morgan fingerprint density at radius 3 is 1.71 bits per heavy atom.